The van der Waals surface area contributed by atoms with E-state index in [1.807, 2.05) is 12.3 Å². The van der Waals surface area contributed by atoms with E-state index in [1.165, 1.54) is 5.57 Å². The van der Waals surface area contributed by atoms with Crippen LogP contribution in [-0.4, -0.2) is 16.2 Å². The second kappa shape index (κ2) is 6.14. The van der Waals surface area contributed by atoms with Crippen molar-refractivity contribution in [2.45, 2.75) is 32.6 Å². The van der Waals surface area contributed by atoms with Gasteiger partial charge in [-0.05, 0) is 11.6 Å². The lowest BCUT2D eigenvalue weighted by molar-refractivity contribution is 0.573. The van der Waals surface area contributed by atoms with E-state index in [-0.39, 0.29) is 5.41 Å². The molecule has 4 nitrogen and oxygen atoms in total. The van der Waals surface area contributed by atoms with E-state index >= 15 is 0 Å². The van der Waals surface area contributed by atoms with Gasteiger partial charge in [0.2, 0.25) is 0 Å². The number of aliphatic imine (C=N–C) groups is 1. The Morgan fingerprint density at radius 3 is 2.64 bits per heavy atom. The molecule has 0 atom stereocenters. The third-order valence-electron chi connectivity index (χ3n) is 3.21. The van der Waals surface area contributed by atoms with E-state index in [4.69, 9.17) is 0 Å². The van der Waals surface area contributed by atoms with E-state index in [1.54, 1.807) is 28.9 Å². The van der Waals surface area contributed by atoms with Gasteiger partial charge >= 0.3 is 0 Å². The van der Waals surface area contributed by atoms with Crippen molar-refractivity contribution in [1.29, 1.82) is 0 Å². The molecule has 1 aliphatic heterocycles. The molecule has 2 aromatic rings. The number of allylic oxidation sites excluding steroid dienone is 3. The summed E-state index contributed by atoms with van der Waals surface area (Å²) in [5, 5.41) is 9.24. The van der Waals surface area contributed by atoms with Crippen molar-refractivity contribution in [1.82, 2.24) is 9.97 Å². The van der Waals surface area contributed by atoms with E-state index < -0.39 is 0 Å². The highest BCUT2D eigenvalue weighted by Gasteiger charge is 2.18. The number of nitrogens with zero attached hydrogens (tertiary/aromatic N) is 3. The van der Waals surface area contributed by atoms with E-state index in [9.17, 15) is 0 Å². The van der Waals surface area contributed by atoms with Crippen LogP contribution in [-0.2, 0) is 5.41 Å². The topological polar surface area (TPSA) is 50.2 Å². The second-order valence-corrected chi connectivity index (χ2v) is 7.74. The van der Waals surface area contributed by atoms with Crippen molar-refractivity contribution in [3.8, 4) is 0 Å². The van der Waals surface area contributed by atoms with Crippen LogP contribution in [0.1, 0.15) is 38.6 Å². The number of thiazole rings is 2. The Kier molecular flexibility index (Phi) is 4.22. The van der Waals surface area contributed by atoms with E-state index in [0.717, 1.165) is 28.1 Å². The van der Waals surface area contributed by atoms with Crippen molar-refractivity contribution in [2.75, 3.05) is 5.32 Å². The van der Waals surface area contributed by atoms with Gasteiger partial charge in [-0.3, -0.25) is 4.99 Å². The molecule has 1 N–H and O–H groups in total. The van der Waals surface area contributed by atoms with Crippen LogP contribution in [0.5, 0.6) is 0 Å². The molecular weight excluding hydrogens is 312 g/mol. The van der Waals surface area contributed by atoms with Crippen LogP contribution < -0.4 is 5.32 Å². The highest BCUT2D eigenvalue weighted by atomic mass is 32.1. The normalized spacial score (nSPS) is 14.8. The smallest absolute Gasteiger partial charge is 0.189 e. The van der Waals surface area contributed by atoms with Crippen molar-refractivity contribution in [3.05, 3.63) is 40.5 Å². The molecule has 0 saturated heterocycles. The van der Waals surface area contributed by atoms with Gasteiger partial charge in [-0.15, -0.1) is 22.7 Å². The minimum absolute atomic E-state index is 0.0707. The first-order chi connectivity index (χ1) is 10.5. The van der Waals surface area contributed by atoms with Gasteiger partial charge in [-0.2, -0.15) is 0 Å². The van der Waals surface area contributed by atoms with Crippen molar-refractivity contribution in [3.63, 3.8) is 0 Å². The standard InChI is InChI=1S/C16H18N4S2/c1-16(2,3)13-10-22-15(19-13)20-14-18-12(9-21-14)11-5-4-7-17-8-6-11/h4-5,7-10H,6H2,1-3H3,(H,18,19,20). The lowest BCUT2D eigenvalue weighted by Crippen LogP contribution is -2.11. The molecule has 2 aromatic heterocycles. The fourth-order valence-electron chi connectivity index (χ4n) is 1.92. The largest absolute Gasteiger partial charge is 0.307 e. The van der Waals surface area contributed by atoms with Gasteiger partial charge in [0.25, 0.3) is 0 Å². The van der Waals surface area contributed by atoms with E-state index in [2.05, 4.69) is 57.9 Å². The second-order valence-electron chi connectivity index (χ2n) is 6.02. The lowest BCUT2D eigenvalue weighted by atomic mass is 9.93. The van der Waals surface area contributed by atoms with Crippen molar-refractivity contribution >= 4 is 44.7 Å². The summed E-state index contributed by atoms with van der Waals surface area (Å²) < 4.78 is 0. The Hall–Kier alpha value is -1.79. The van der Waals surface area contributed by atoms with Crippen LogP contribution >= 0.6 is 22.7 Å². The summed E-state index contributed by atoms with van der Waals surface area (Å²) in [6.07, 6.45) is 8.51. The summed E-state index contributed by atoms with van der Waals surface area (Å²) in [6.45, 7) is 6.50. The van der Waals surface area contributed by atoms with Crippen LogP contribution in [0.4, 0.5) is 10.3 Å². The average molecular weight is 330 g/mol. The number of anilines is 2. The summed E-state index contributed by atoms with van der Waals surface area (Å²) in [5.41, 5.74) is 3.35. The number of rotatable bonds is 3. The maximum atomic E-state index is 4.65. The number of nitrogens with one attached hydrogen (secondary N) is 1. The zero-order valence-corrected chi connectivity index (χ0v) is 14.5. The minimum Gasteiger partial charge on any atom is -0.307 e. The zero-order valence-electron chi connectivity index (χ0n) is 12.8. The Labute approximate surface area is 138 Å². The fraction of sp³-hybridized carbons (Fsp3) is 0.312. The first-order valence-corrected chi connectivity index (χ1v) is 8.84. The van der Waals surface area contributed by atoms with Gasteiger partial charge in [0.15, 0.2) is 10.3 Å². The van der Waals surface area contributed by atoms with E-state index in [0.29, 0.717) is 0 Å². The molecule has 22 heavy (non-hydrogen) atoms. The summed E-state index contributed by atoms with van der Waals surface area (Å²) in [5.74, 6) is 0. The van der Waals surface area contributed by atoms with Crippen LogP contribution in [0.3, 0.4) is 0 Å². The summed E-state index contributed by atoms with van der Waals surface area (Å²) in [6, 6.07) is 0. The monoisotopic (exact) mass is 330 g/mol. The lowest BCUT2D eigenvalue weighted by Gasteiger charge is -2.14. The third kappa shape index (κ3) is 3.51. The van der Waals surface area contributed by atoms with Gasteiger partial charge in [-0.1, -0.05) is 26.8 Å². The fourth-order valence-corrected chi connectivity index (χ4v) is 3.66. The number of aromatic nitrogens is 2. The highest BCUT2D eigenvalue weighted by Crippen LogP contribution is 2.30. The zero-order chi connectivity index (χ0) is 15.6. The van der Waals surface area contributed by atoms with Gasteiger partial charge in [0.1, 0.15) is 0 Å². The molecule has 3 rings (SSSR count). The number of hydrogen-bond donors (Lipinski definition) is 1. The quantitative estimate of drug-likeness (QED) is 0.860. The Morgan fingerprint density at radius 2 is 1.86 bits per heavy atom. The predicted molar refractivity (Wildman–Crippen MR) is 96.4 cm³/mol. The molecule has 0 aliphatic carbocycles. The molecular formula is C16H18N4S2. The minimum atomic E-state index is 0.0707. The summed E-state index contributed by atoms with van der Waals surface area (Å²) >= 11 is 3.21. The average Bonchev–Trinajstić information content (AvgIpc) is 3.03. The molecule has 0 bridgehead atoms. The maximum Gasteiger partial charge on any atom is 0.189 e. The molecule has 0 saturated carbocycles. The maximum absolute atomic E-state index is 4.65. The summed E-state index contributed by atoms with van der Waals surface area (Å²) in [7, 11) is 0. The summed E-state index contributed by atoms with van der Waals surface area (Å²) in [4.78, 5) is 13.4. The van der Waals surface area contributed by atoms with Crippen LogP contribution in [0.2, 0.25) is 0 Å². The Bertz CT molecular complexity index is 744. The van der Waals surface area contributed by atoms with Crippen molar-refractivity contribution in [2.24, 2.45) is 4.99 Å². The molecule has 6 heteroatoms. The molecule has 114 valence electrons. The third-order valence-corrected chi connectivity index (χ3v) is 4.72. The molecule has 0 unspecified atom stereocenters. The first kappa shape index (κ1) is 15.1. The molecule has 0 spiro atoms. The van der Waals surface area contributed by atoms with Crippen molar-refractivity contribution < 1.29 is 0 Å². The molecule has 0 radical (unpaired) electrons. The Balaban J connectivity index is 1.74. The van der Waals surface area contributed by atoms with Gasteiger partial charge in [0, 0.05) is 35.0 Å². The number of hydrogen-bond acceptors (Lipinski definition) is 6. The van der Waals surface area contributed by atoms with Crippen LogP contribution in [0, 0.1) is 0 Å². The van der Waals surface area contributed by atoms with Gasteiger partial charge in [0.05, 0.1) is 11.4 Å². The van der Waals surface area contributed by atoms with Crippen LogP contribution in [0.15, 0.2) is 34.1 Å². The van der Waals surface area contributed by atoms with Gasteiger partial charge in [-0.25, -0.2) is 9.97 Å². The molecule has 0 aromatic carbocycles. The highest BCUT2D eigenvalue weighted by molar-refractivity contribution is 7.16. The molecule has 3 heterocycles. The predicted octanol–water partition coefficient (Wildman–Crippen LogP) is 5.01. The SMILES string of the molecule is CC(C)(C)c1csc(Nc2nc(C3=CC=CN=CC3)cs2)n1. The molecule has 1 aliphatic rings. The van der Waals surface area contributed by atoms with Gasteiger partial charge < -0.3 is 5.32 Å². The first-order valence-electron chi connectivity index (χ1n) is 7.08. The Morgan fingerprint density at radius 1 is 1.09 bits per heavy atom. The van der Waals surface area contributed by atoms with Crippen LogP contribution in [0.25, 0.3) is 5.57 Å². The molecule has 0 amide bonds. The molecule has 0 fully saturated rings.